The molecule has 2 aliphatic heterocycles. The number of amides is 2. The predicted molar refractivity (Wildman–Crippen MR) is 114 cm³/mol. The van der Waals surface area contributed by atoms with E-state index in [4.69, 9.17) is 16.3 Å². The summed E-state index contributed by atoms with van der Waals surface area (Å²) < 4.78 is 5.60. The van der Waals surface area contributed by atoms with Gasteiger partial charge in [-0.3, -0.25) is 9.59 Å². The molecule has 152 valence electrons. The van der Waals surface area contributed by atoms with Crippen molar-refractivity contribution in [3.05, 3.63) is 53.6 Å². The molecule has 0 bridgehead atoms. The van der Waals surface area contributed by atoms with Gasteiger partial charge in [-0.15, -0.1) is 0 Å². The van der Waals surface area contributed by atoms with Crippen LogP contribution >= 0.6 is 11.6 Å². The molecule has 0 spiro atoms. The highest BCUT2D eigenvalue weighted by Gasteiger charge is 2.26. The van der Waals surface area contributed by atoms with Gasteiger partial charge in [0, 0.05) is 39.0 Å². The summed E-state index contributed by atoms with van der Waals surface area (Å²) in [4.78, 5) is 31.1. The Kier molecular flexibility index (Phi) is 5.90. The monoisotopic (exact) mass is 413 g/mol. The molecule has 1 saturated heterocycles. The second-order valence-electron chi connectivity index (χ2n) is 7.18. The molecule has 0 atom stereocenters. The fourth-order valence-corrected chi connectivity index (χ4v) is 4.10. The molecule has 0 N–H and O–H groups in total. The number of hydrogen-bond acceptors (Lipinski definition) is 4. The molecule has 4 rings (SSSR count). The summed E-state index contributed by atoms with van der Waals surface area (Å²) in [7, 11) is 0. The third-order valence-electron chi connectivity index (χ3n) is 5.41. The number of hydrogen-bond donors (Lipinski definition) is 0. The Hall–Kier alpha value is -2.73. The van der Waals surface area contributed by atoms with Crippen LogP contribution in [0.4, 0.5) is 11.4 Å². The molecular formula is C22H24ClN3O3. The van der Waals surface area contributed by atoms with E-state index in [0.717, 1.165) is 29.5 Å². The Morgan fingerprint density at radius 1 is 0.828 bits per heavy atom. The molecule has 0 unspecified atom stereocenters. The quantitative estimate of drug-likeness (QED) is 0.772. The number of benzene rings is 2. The van der Waals surface area contributed by atoms with Crippen molar-refractivity contribution in [3.8, 4) is 5.75 Å². The number of piperazine rings is 1. The lowest BCUT2D eigenvalue weighted by Crippen LogP contribution is -2.49. The van der Waals surface area contributed by atoms with Gasteiger partial charge in [0.05, 0.1) is 22.9 Å². The van der Waals surface area contributed by atoms with Crippen LogP contribution in [-0.2, 0) is 9.59 Å². The van der Waals surface area contributed by atoms with Gasteiger partial charge in [0.1, 0.15) is 12.4 Å². The number of carbonyl (C=O) groups excluding carboxylic acids is 2. The zero-order valence-electron chi connectivity index (χ0n) is 16.2. The Labute approximate surface area is 175 Å². The first-order chi connectivity index (χ1) is 14.1. The maximum atomic E-state index is 12.7. The number of rotatable bonds is 4. The minimum absolute atomic E-state index is 0.0266. The Morgan fingerprint density at radius 3 is 2.24 bits per heavy atom. The lowest BCUT2D eigenvalue weighted by Gasteiger charge is -2.36. The number of carbonyl (C=O) groups is 2. The van der Waals surface area contributed by atoms with E-state index in [-0.39, 0.29) is 24.7 Å². The summed E-state index contributed by atoms with van der Waals surface area (Å²) >= 11 is 6.28. The van der Waals surface area contributed by atoms with Gasteiger partial charge < -0.3 is 19.4 Å². The molecule has 29 heavy (non-hydrogen) atoms. The zero-order valence-corrected chi connectivity index (χ0v) is 17.0. The highest BCUT2D eigenvalue weighted by atomic mass is 35.5. The summed E-state index contributed by atoms with van der Waals surface area (Å²) in [5.74, 6) is 0.705. The molecule has 7 heteroatoms. The van der Waals surface area contributed by atoms with Crippen LogP contribution in [0.25, 0.3) is 0 Å². The van der Waals surface area contributed by atoms with Gasteiger partial charge in [-0.1, -0.05) is 35.9 Å². The van der Waals surface area contributed by atoms with Gasteiger partial charge in [-0.2, -0.15) is 0 Å². The van der Waals surface area contributed by atoms with Crippen molar-refractivity contribution in [2.45, 2.75) is 12.8 Å². The molecule has 2 aromatic carbocycles. The van der Waals surface area contributed by atoms with Gasteiger partial charge in [-0.05, 0) is 24.3 Å². The van der Waals surface area contributed by atoms with E-state index in [2.05, 4.69) is 4.90 Å². The van der Waals surface area contributed by atoms with Crippen molar-refractivity contribution < 1.29 is 14.3 Å². The molecule has 2 aliphatic rings. The zero-order chi connectivity index (χ0) is 20.2. The normalized spacial score (nSPS) is 16.2. The van der Waals surface area contributed by atoms with Gasteiger partial charge in [0.15, 0.2) is 0 Å². The fraction of sp³-hybridized carbons (Fsp3) is 0.364. The van der Waals surface area contributed by atoms with Crippen molar-refractivity contribution in [2.75, 3.05) is 49.1 Å². The van der Waals surface area contributed by atoms with E-state index in [1.165, 1.54) is 0 Å². The Balaban J connectivity index is 1.29. The first kappa shape index (κ1) is 19.6. The standard InChI is InChI=1S/C22H24ClN3O3/c23-17-5-1-2-6-18(17)24-11-13-25(14-12-24)21(27)9-10-22(28)26-15-16-29-20-8-4-3-7-19(20)26/h1-8H,9-16H2. The number of nitrogens with zero attached hydrogens (tertiary/aromatic N) is 3. The topological polar surface area (TPSA) is 53.1 Å². The van der Waals surface area contributed by atoms with Crippen molar-refractivity contribution in [1.29, 1.82) is 0 Å². The number of anilines is 2. The number of ether oxygens (including phenoxy) is 1. The largest absolute Gasteiger partial charge is 0.490 e. The van der Waals surface area contributed by atoms with Gasteiger partial charge >= 0.3 is 0 Å². The minimum atomic E-state index is -0.0381. The summed E-state index contributed by atoms with van der Waals surface area (Å²) in [6.07, 6.45) is 0.433. The van der Waals surface area contributed by atoms with Gasteiger partial charge in [0.25, 0.3) is 0 Å². The molecule has 6 nitrogen and oxygen atoms in total. The fourth-order valence-electron chi connectivity index (χ4n) is 3.84. The number of halogens is 1. The number of para-hydroxylation sites is 3. The van der Waals surface area contributed by atoms with Crippen LogP contribution in [0.3, 0.4) is 0 Å². The van der Waals surface area contributed by atoms with Crippen molar-refractivity contribution >= 4 is 34.8 Å². The van der Waals surface area contributed by atoms with E-state index in [0.29, 0.717) is 32.0 Å². The lowest BCUT2D eigenvalue weighted by atomic mass is 10.2. The number of fused-ring (bicyclic) bond motifs is 1. The maximum Gasteiger partial charge on any atom is 0.227 e. The molecule has 0 aromatic heterocycles. The predicted octanol–water partition coefficient (Wildman–Crippen LogP) is 3.19. The molecule has 0 saturated carbocycles. The third-order valence-corrected chi connectivity index (χ3v) is 5.73. The summed E-state index contributed by atoms with van der Waals surface area (Å²) in [6, 6.07) is 15.3. The molecule has 2 heterocycles. The third kappa shape index (κ3) is 4.32. The maximum absolute atomic E-state index is 12.7. The summed E-state index contributed by atoms with van der Waals surface area (Å²) in [5, 5.41) is 0.726. The second kappa shape index (κ2) is 8.74. The van der Waals surface area contributed by atoms with Gasteiger partial charge in [-0.25, -0.2) is 0 Å². The highest BCUT2D eigenvalue weighted by molar-refractivity contribution is 6.33. The lowest BCUT2D eigenvalue weighted by molar-refractivity contribution is -0.133. The molecule has 2 aromatic rings. The summed E-state index contributed by atoms with van der Waals surface area (Å²) in [6.45, 7) is 3.74. The van der Waals surface area contributed by atoms with E-state index < -0.39 is 0 Å². The molecule has 0 radical (unpaired) electrons. The van der Waals surface area contributed by atoms with Crippen LogP contribution in [0.1, 0.15) is 12.8 Å². The summed E-state index contributed by atoms with van der Waals surface area (Å²) in [5.41, 5.74) is 1.78. The van der Waals surface area contributed by atoms with Crippen LogP contribution < -0.4 is 14.5 Å². The van der Waals surface area contributed by atoms with Gasteiger partial charge in [0.2, 0.25) is 11.8 Å². The first-order valence-corrected chi connectivity index (χ1v) is 10.3. The molecule has 0 aliphatic carbocycles. The van der Waals surface area contributed by atoms with Crippen LogP contribution in [0.15, 0.2) is 48.5 Å². The van der Waals surface area contributed by atoms with Crippen LogP contribution in [0, 0.1) is 0 Å². The van der Waals surface area contributed by atoms with E-state index in [1.807, 2.05) is 53.4 Å². The second-order valence-corrected chi connectivity index (χ2v) is 7.59. The molecule has 2 amide bonds. The molecule has 1 fully saturated rings. The highest BCUT2D eigenvalue weighted by Crippen LogP contribution is 2.31. The average molecular weight is 414 g/mol. The SMILES string of the molecule is O=C(CCC(=O)N1CCOc2ccccc21)N1CCN(c2ccccc2Cl)CC1. The van der Waals surface area contributed by atoms with Crippen molar-refractivity contribution in [3.63, 3.8) is 0 Å². The van der Waals surface area contributed by atoms with Crippen LogP contribution in [-0.4, -0.2) is 56.0 Å². The van der Waals surface area contributed by atoms with Crippen molar-refractivity contribution in [1.82, 2.24) is 4.90 Å². The van der Waals surface area contributed by atoms with E-state index >= 15 is 0 Å². The average Bonchev–Trinajstić information content (AvgIpc) is 2.77. The first-order valence-electron chi connectivity index (χ1n) is 9.93. The Morgan fingerprint density at radius 2 is 1.48 bits per heavy atom. The molecular weight excluding hydrogens is 390 g/mol. The smallest absolute Gasteiger partial charge is 0.227 e. The van der Waals surface area contributed by atoms with E-state index in [9.17, 15) is 9.59 Å². The van der Waals surface area contributed by atoms with Crippen LogP contribution in [0.5, 0.6) is 5.75 Å². The van der Waals surface area contributed by atoms with Crippen molar-refractivity contribution in [2.24, 2.45) is 0 Å². The Bertz CT molecular complexity index is 896. The van der Waals surface area contributed by atoms with Crippen LogP contribution in [0.2, 0.25) is 5.02 Å². The van der Waals surface area contributed by atoms with E-state index in [1.54, 1.807) is 4.90 Å². The minimum Gasteiger partial charge on any atom is -0.490 e.